The topological polar surface area (TPSA) is 67.4 Å². The number of rotatable bonds is 7. The van der Waals surface area contributed by atoms with Crippen molar-refractivity contribution in [3.05, 3.63) is 89.0 Å². The number of para-hydroxylation sites is 1. The SMILES string of the molecule is CCc1ccccc1NC(=O)c1ccc(O[C@@H](C)C(=O)Nc2ccc(C)cc2C)cc1. The third kappa shape index (κ3) is 5.72. The van der Waals surface area contributed by atoms with Crippen LogP contribution in [-0.4, -0.2) is 17.9 Å². The van der Waals surface area contributed by atoms with Crippen molar-refractivity contribution in [1.29, 1.82) is 0 Å². The molecule has 5 nitrogen and oxygen atoms in total. The zero-order valence-corrected chi connectivity index (χ0v) is 18.4. The smallest absolute Gasteiger partial charge is 0.265 e. The highest BCUT2D eigenvalue weighted by atomic mass is 16.5. The summed E-state index contributed by atoms with van der Waals surface area (Å²) in [7, 11) is 0. The highest BCUT2D eigenvalue weighted by molar-refractivity contribution is 6.04. The molecule has 1 atom stereocenters. The molecule has 0 aliphatic rings. The van der Waals surface area contributed by atoms with Gasteiger partial charge in [0.1, 0.15) is 5.75 Å². The minimum absolute atomic E-state index is 0.187. The zero-order valence-electron chi connectivity index (χ0n) is 18.4. The van der Waals surface area contributed by atoms with Gasteiger partial charge in [-0.3, -0.25) is 9.59 Å². The van der Waals surface area contributed by atoms with Crippen molar-refractivity contribution in [3.8, 4) is 5.75 Å². The van der Waals surface area contributed by atoms with Crippen molar-refractivity contribution in [2.75, 3.05) is 10.6 Å². The van der Waals surface area contributed by atoms with Crippen LogP contribution in [0.2, 0.25) is 0 Å². The third-order valence-corrected chi connectivity index (χ3v) is 5.08. The normalized spacial score (nSPS) is 11.5. The Bertz CT molecular complexity index is 1070. The summed E-state index contributed by atoms with van der Waals surface area (Å²) in [5, 5.41) is 5.85. The third-order valence-electron chi connectivity index (χ3n) is 5.08. The summed E-state index contributed by atoms with van der Waals surface area (Å²) in [4.78, 5) is 25.1. The maximum atomic E-state index is 12.6. The van der Waals surface area contributed by atoms with E-state index in [-0.39, 0.29) is 11.8 Å². The lowest BCUT2D eigenvalue weighted by Crippen LogP contribution is -2.30. The van der Waals surface area contributed by atoms with Crippen LogP contribution in [0.1, 0.15) is 40.9 Å². The van der Waals surface area contributed by atoms with Crippen LogP contribution >= 0.6 is 0 Å². The van der Waals surface area contributed by atoms with Crippen molar-refractivity contribution in [1.82, 2.24) is 0 Å². The first-order chi connectivity index (χ1) is 14.9. The molecule has 0 heterocycles. The Morgan fingerprint density at radius 1 is 0.903 bits per heavy atom. The molecule has 3 aromatic rings. The van der Waals surface area contributed by atoms with Crippen LogP contribution in [-0.2, 0) is 11.2 Å². The molecule has 0 saturated heterocycles. The molecule has 0 aromatic heterocycles. The monoisotopic (exact) mass is 416 g/mol. The summed E-state index contributed by atoms with van der Waals surface area (Å²) in [5.74, 6) is 0.104. The van der Waals surface area contributed by atoms with Crippen LogP contribution in [0.25, 0.3) is 0 Å². The molecular weight excluding hydrogens is 388 g/mol. The number of benzene rings is 3. The molecule has 0 fully saturated rings. The maximum Gasteiger partial charge on any atom is 0.265 e. The molecule has 0 spiro atoms. The molecule has 0 saturated carbocycles. The van der Waals surface area contributed by atoms with E-state index >= 15 is 0 Å². The Morgan fingerprint density at radius 3 is 2.29 bits per heavy atom. The van der Waals surface area contributed by atoms with E-state index < -0.39 is 6.10 Å². The maximum absolute atomic E-state index is 12.6. The standard InChI is InChI=1S/C26H28N2O3/c1-5-20-8-6-7-9-24(20)28-26(30)21-11-13-22(14-12-21)31-19(4)25(29)27-23-15-10-17(2)16-18(23)3/h6-16,19H,5H2,1-4H3,(H,27,29)(H,28,30)/t19-/m0/s1. The minimum Gasteiger partial charge on any atom is -0.481 e. The average molecular weight is 417 g/mol. The van der Waals surface area contributed by atoms with E-state index in [2.05, 4.69) is 17.6 Å². The van der Waals surface area contributed by atoms with Gasteiger partial charge in [-0.1, -0.05) is 42.8 Å². The predicted molar refractivity (Wildman–Crippen MR) is 125 cm³/mol. The van der Waals surface area contributed by atoms with Gasteiger partial charge in [0, 0.05) is 16.9 Å². The van der Waals surface area contributed by atoms with Crippen LogP contribution in [0.5, 0.6) is 5.75 Å². The Kier molecular flexibility index (Phi) is 7.08. The van der Waals surface area contributed by atoms with E-state index in [1.165, 1.54) is 0 Å². The number of aryl methyl sites for hydroxylation is 3. The number of carbonyl (C=O) groups is 2. The molecule has 0 bridgehead atoms. The lowest BCUT2D eigenvalue weighted by Gasteiger charge is -2.16. The van der Waals surface area contributed by atoms with Crippen molar-refractivity contribution in [2.24, 2.45) is 0 Å². The van der Waals surface area contributed by atoms with Gasteiger partial charge in [0.05, 0.1) is 0 Å². The quantitative estimate of drug-likeness (QED) is 0.533. The lowest BCUT2D eigenvalue weighted by atomic mass is 10.1. The van der Waals surface area contributed by atoms with E-state index in [9.17, 15) is 9.59 Å². The molecule has 0 aliphatic carbocycles. The molecule has 5 heteroatoms. The molecule has 0 radical (unpaired) electrons. The van der Waals surface area contributed by atoms with Crippen molar-refractivity contribution in [2.45, 2.75) is 40.2 Å². The predicted octanol–water partition coefficient (Wildman–Crippen LogP) is 5.52. The van der Waals surface area contributed by atoms with Gasteiger partial charge in [0.15, 0.2) is 6.10 Å². The van der Waals surface area contributed by atoms with E-state index in [1.807, 2.05) is 56.3 Å². The Labute approximate surface area is 183 Å². The van der Waals surface area contributed by atoms with Gasteiger partial charge in [0.2, 0.25) is 0 Å². The first kappa shape index (κ1) is 22.1. The second kappa shape index (κ2) is 9.94. The van der Waals surface area contributed by atoms with Crippen molar-refractivity contribution < 1.29 is 14.3 Å². The average Bonchev–Trinajstić information content (AvgIpc) is 2.76. The van der Waals surface area contributed by atoms with E-state index in [4.69, 9.17) is 4.74 Å². The first-order valence-electron chi connectivity index (χ1n) is 10.4. The number of nitrogens with one attached hydrogen (secondary N) is 2. The van der Waals surface area contributed by atoms with Gasteiger partial charge in [-0.15, -0.1) is 0 Å². The van der Waals surface area contributed by atoms with E-state index in [0.29, 0.717) is 11.3 Å². The molecule has 0 unspecified atom stereocenters. The van der Waals surface area contributed by atoms with Crippen LogP contribution < -0.4 is 15.4 Å². The summed E-state index contributed by atoms with van der Waals surface area (Å²) in [6.07, 6.45) is 0.155. The Balaban J connectivity index is 1.60. The molecule has 3 rings (SSSR count). The fraction of sp³-hybridized carbons (Fsp3) is 0.231. The van der Waals surface area contributed by atoms with Crippen LogP contribution in [0, 0.1) is 13.8 Å². The van der Waals surface area contributed by atoms with Gasteiger partial charge >= 0.3 is 0 Å². The molecular formula is C26H28N2O3. The van der Waals surface area contributed by atoms with Crippen molar-refractivity contribution in [3.63, 3.8) is 0 Å². The highest BCUT2D eigenvalue weighted by Gasteiger charge is 2.16. The number of anilines is 2. The molecule has 0 aliphatic heterocycles. The van der Waals surface area contributed by atoms with E-state index in [1.54, 1.807) is 31.2 Å². The number of amides is 2. The lowest BCUT2D eigenvalue weighted by molar-refractivity contribution is -0.122. The molecule has 160 valence electrons. The number of carbonyl (C=O) groups excluding carboxylic acids is 2. The van der Waals surface area contributed by atoms with Crippen LogP contribution in [0.3, 0.4) is 0 Å². The van der Waals surface area contributed by atoms with Gasteiger partial charge < -0.3 is 15.4 Å². The van der Waals surface area contributed by atoms with Crippen LogP contribution in [0.15, 0.2) is 66.7 Å². The molecule has 2 N–H and O–H groups in total. The summed E-state index contributed by atoms with van der Waals surface area (Å²) in [6.45, 7) is 7.71. The zero-order chi connectivity index (χ0) is 22.4. The van der Waals surface area contributed by atoms with Gasteiger partial charge in [0.25, 0.3) is 11.8 Å². The fourth-order valence-corrected chi connectivity index (χ4v) is 3.28. The van der Waals surface area contributed by atoms with E-state index in [0.717, 1.165) is 34.5 Å². The minimum atomic E-state index is -0.684. The van der Waals surface area contributed by atoms with Crippen molar-refractivity contribution >= 4 is 23.2 Å². The molecule has 3 aromatic carbocycles. The summed E-state index contributed by atoms with van der Waals surface area (Å²) >= 11 is 0. The number of hydrogen-bond donors (Lipinski definition) is 2. The van der Waals surface area contributed by atoms with Gasteiger partial charge in [-0.25, -0.2) is 0 Å². The second-order valence-electron chi connectivity index (χ2n) is 7.56. The Morgan fingerprint density at radius 2 is 1.61 bits per heavy atom. The van der Waals surface area contributed by atoms with Gasteiger partial charge in [-0.2, -0.15) is 0 Å². The fourth-order valence-electron chi connectivity index (χ4n) is 3.28. The largest absolute Gasteiger partial charge is 0.481 e. The summed E-state index contributed by atoms with van der Waals surface area (Å²) in [6, 6.07) is 20.4. The first-order valence-corrected chi connectivity index (χ1v) is 10.4. The molecule has 31 heavy (non-hydrogen) atoms. The van der Waals surface area contributed by atoms with Gasteiger partial charge in [-0.05, 0) is 74.7 Å². The molecule has 2 amide bonds. The second-order valence-corrected chi connectivity index (χ2v) is 7.56. The Hall–Kier alpha value is -3.60. The number of hydrogen-bond acceptors (Lipinski definition) is 3. The summed E-state index contributed by atoms with van der Waals surface area (Å²) < 4.78 is 5.76. The number of ether oxygens (including phenoxy) is 1. The summed E-state index contributed by atoms with van der Waals surface area (Å²) in [5.41, 5.74) is 5.32. The highest BCUT2D eigenvalue weighted by Crippen LogP contribution is 2.20. The van der Waals surface area contributed by atoms with Crippen LogP contribution in [0.4, 0.5) is 11.4 Å².